The smallest absolute Gasteiger partial charge is 0.0684 e. The summed E-state index contributed by atoms with van der Waals surface area (Å²) in [6, 6.07) is 1.39. The van der Waals surface area contributed by atoms with E-state index in [1.165, 1.54) is 32.1 Å². The van der Waals surface area contributed by atoms with E-state index in [9.17, 15) is 0 Å². The lowest BCUT2D eigenvalue weighted by Crippen LogP contribution is -2.70. The van der Waals surface area contributed by atoms with E-state index in [1.807, 2.05) is 0 Å². The van der Waals surface area contributed by atoms with Crippen molar-refractivity contribution in [2.45, 2.75) is 71.1 Å². The molecule has 1 N–H and O–H groups in total. The molecule has 2 heteroatoms. The van der Waals surface area contributed by atoms with Gasteiger partial charge in [-0.1, -0.05) is 20.3 Å². The van der Waals surface area contributed by atoms with Gasteiger partial charge in [0.15, 0.2) is 0 Å². The highest BCUT2D eigenvalue weighted by molar-refractivity contribution is 5.11. The van der Waals surface area contributed by atoms with E-state index in [2.05, 4.69) is 26.1 Å². The SMILES string of the molecule is CC(NC1C2CCCOC2C1(C)C)C1CCC1. The molecule has 3 aliphatic rings. The van der Waals surface area contributed by atoms with Crippen LogP contribution in [0, 0.1) is 17.3 Å². The molecule has 4 atom stereocenters. The van der Waals surface area contributed by atoms with Crippen molar-refractivity contribution in [3.05, 3.63) is 0 Å². The predicted octanol–water partition coefficient (Wildman–Crippen LogP) is 2.97. The summed E-state index contributed by atoms with van der Waals surface area (Å²) < 4.78 is 5.96. The van der Waals surface area contributed by atoms with Crippen LogP contribution in [-0.4, -0.2) is 24.8 Å². The van der Waals surface area contributed by atoms with Crippen LogP contribution in [0.1, 0.15) is 52.9 Å². The molecule has 98 valence electrons. The van der Waals surface area contributed by atoms with E-state index >= 15 is 0 Å². The second kappa shape index (κ2) is 4.24. The van der Waals surface area contributed by atoms with Crippen LogP contribution in [0.2, 0.25) is 0 Å². The molecule has 0 aromatic carbocycles. The molecular formula is C15H27NO. The van der Waals surface area contributed by atoms with Gasteiger partial charge in [0.05, 0.1) is 6.10 Å². The normalized spacial score (nSPS) is 42.2. The lowest BCUT2D eigenvalue weighted by atomic mass is 9.55. The second-order valence-electron chi connectivity index (χ2n) is 7.04. The molecule has 3 rings (SSSR count). The standard InChI is InChI=1S/C15H27NO/c1-10(11-6-4-7-11)16-13-12-8-5-9-17-14(12)15(13,2)3/h10-14,16H,4-9H2,1-3H3. The van der Waals surface area contributed by atoms with Gasteiger partial charge in [0.2, 0.25) is 0 Å². The van der Waals surface area contributed by atoms with Crippen molar-refractivity contribution in [3.8, 4) is 0 Å². The Morgan fingerprint density at radius 3 is 2.59 bits per heavy atom. The fraction of sp³-hybridized carbons (Fsp3) is 1.00. The summed E-state index contributed by atoms with van der Waals surface area (Å²) in [7, 11) is 0. The van der Waals surface area contributed by atoms with Gasteiger partial charge in [-0.2, -0.15) is 0 Å². The summed E-state index contributed by atoms with van der Waals surface area (Å²) in [5.41, 5.74) is 0.336. The highest BCUT2D eigenvalue weighted by Gasteiger charge is 2.58. The Bertz CT molecular complexity index is 285. The van der Waals surface area contributed by atoms with Crippen molar-refractivity contribution in [1.29, 1.82) is 0 Å². The van der Waals surface area contributed by atoms with Gasteiger partial charge >= 0.3 is 0 Å². The molecule has 1 saturated heterocycles. The number of rotatable bonds is 3. The third kappa shape index (κ3) is 1.84. The molecule has 0 spiro atoms. The molecule has 2 aliphatic carbocycles. The van der Waals surface area contributed by atoms with Crippen molar-refractivity contribution >= 4 is 0 Å². The fourth-order valence-electron chi connectivity index (χ4n) is 4.22. The zero-order valence-corrected chi connectivity index (χ0v) is 11.5. The van der Waals surface area contributed by atoms with Crippen LogP contribution in [0.4, 0.5) is 0 Å². The average molecular weight is 237 g/mol. The highest BCUT2D eigenvalue weighted by atomic mass is 16.5. The molecule has 0 amide bonds. The van der Waals surface area contributed by atoms with Crippen LogP contribution in [0.25, 0.3) is 0 Å². The Morgan fingerprint density at radius 2 is 1.94 bits per heavy atom. The number of nitrogens with one attached hydrogen (secondary N) is 1. The Hall–Kier alpha value is -0.0800. The maximum atomic E-state index is 5.96. The Labute approximate surface area is 105 Å². The predicted molar refractivity (Wildman–Crippen MR) is 70.0 cm³/mol. The van der Waals surface area contributed by atoms with Gasteiger partial charge in [-0.15, -0.1) is 0 Å². The zero-order chi connectivity index (χ0) is 12.0. The van der Waals surface area contributed by atoms with E-state index in [-0.39, 0.29) is 0 Å². The minimum atomic E-state index is 0.336. The third-order valence-corrected chi connectivity index (χ3v) is 5.63. The minimum Gasteiger partial charge on any atom is -0.377 e. The first-order chi connectivity index (χ1) is 8.10. The Balaban J connectivity index is 1.61. The highest BCUT2D eigenvalue weighted by Crippen LogP contribution is 2.51. The first kappa shape index (κ1) is 12.0. The molecule has 0 aromatic heterocycles. The molecule has 0 radical (unpaired) electrons. The molecule has 17 heavy (non-hydrogen) atoms. The third-order valence-electron chi connectivity index (χ3n) is 5.63. The van der Waals surface area contributed by atoms with Gasteiger partial charge < -0.3 is 10.1 Å². The van der Waals surface area contributed by atoms with E-state index in [1.54, 1.807) is 0 Å². The van der Waals surface area contributed by atoms with E-state index in [0.29, 0.717) is 23.6 Å². The van der Waals surface area contributed by atoms with Crippen molar-refractivity contribution in [3.63, 3.8) is 0 Å². The van der Waals surface area contributed by atoms with E-state index in [0.717, 1.165) is 18.4 Å². The summed E-state index contributed by atoms with van der Waals surface area (Å²) in [6.07, 6.45) is 7.45. The largest absolute Gasteiger partial charge is 0.377 e. The number of fused-ring (bicyclic) bond motifs is 1. The van der Waals surface area contributed by atoms with Crippen LogP contribution < -0.4 is 5.32 Å². The van der Waals surface area contributed by atoms with Crippen molar-refractivity contribution < 1.29 is 4.74 Å². The van der Waals surface area contributed by atoms with Gasteiger partial charge in [0, 0.05) is 30.0 Å². The number of ether oxygens (including phenoxy) is 1. The zero-order valence-electron chi connectivity index (χ0n) is 11.5. The van der Waals surface area contributed by atoms with Crippen LogP contribution in [-0.2, 0) is 4.74 Å². The summed E-state index contributed by atoms with van der Waals surface area (Å²) in [5, 5.41) is 3.93. The maximum absolute atomic E-state index is 5.96. The van der Waals surface area contributed by atoms with Crippen LogP contribution in [0.15, 0.2) is 0 Å². The quantitative estimate of drug-likeness (QED) is 0.815. The molecule has 1 heterocycles. The van der Waals surface area contributed by atoms with Gasteiger partial charge in [-0.05, 0) is 38.5 Å². The Morgan fingerprint density at radius 1 is 1.18 bits per heavy atom. The average Bonchev–Trinajstić information content (AvgIpc) is 2.24. The monoisotopic (exact) mass is 237 g/mol. The minimum absolute atomic E-state index is 0.336. The van der Waals surface area contributed by atoms with Gasteiger partial charge in [0.25, 0.3) is 0 Å². The first-order valence-electron chi connectivity index (χ1n) is 7.48. The molecule has 0 aromatic rings. The number of hydrogen-bond donors (Lipinski definition) is 1. The molecular weight excluding hydrogens is 210 g/mol. The summed E-state index contributed by atoms with van der Waals surface area (Å²) in [5.74, 6) is 1.72. The van der Waals surface area contributed by atoms with Gasteiger partial charge in [-0.3, -0.25) is 0 Å². The van der Waals surface area contributed by atoms with E-state index < -0.39 is 0 Å². The Kier molecular flexibility index (Phi) is 2.99. The molecule has 3 fully saturated rings. The topological polar surface area (TPSA) is 21.3 Å². The van der Waals surface area contributed by atoms with Crippen LogP contribution >= 0.6 is 0 Å². The van der Waals surface area contributed by atoms with Gasteiger partial charge in [0.1, 0.15) is 0 Å². The van der Waals surface area contributed by atoms with Gasteiger partial charge in [-0.25, -0.2) is 0 Å². The lowest BCUT2D eigenvalue weighted by Gasteiger charge is -2.61. The summed E-state index contributed by atoms with van der Waals surface area (Å²) in [4.78, 5) is 0. The molecule has 2 nitrogen and oxygen atoms in total. The first-order valence-corrected chi connectivity index (χ1v) is 7.48. The molecule has 2 saturated carbocycles. The lowest BCUT2D eigenvalue weighted by molar-refractivity contribution is -0.195. The van der Waals surface area contributed by atoms with Crippen LogP contribution in [0.5, 0.6) is 0 Å². The van der Waals surface area contributed by atoms with Crippen molar-refractivity contribution in [1.82, 2.24) is 5.32 Å². The molecule has 4 unspecified atom stereocenters. The molecule has 1 aliphatic heterocycles. The van der Waals surface area contributed by atoms with Crippen molar-refractivity contribution in [2.75, 3.05) is 6.61 Å². The second-order valence-corrected chi connectivity index (χ2v) is 7.04. The molecule has 0 bridgehead atoms. The summed E-state index contributed by atoms with van der Waals surface area (Å²) in [6.45, 7) is 8.13. The van der Waals surface area contributed by atoms with Crippen molar-refractivity contribution in [2.24, 2.45) is 17.3 Å². The maximum Gasteiger partial charge on any atom is 0.0684 e. The van der Waals surface area contributed by atoms with Crippen LogP contribution in [0.3, 0.4) is 0 Å². The number of hydrogen-bond acceptors (Lipinski definition) is 2. The fourth-order valence-corrected chi connectivity index (χ4v) is 4.22. The van der Waals surface area contributed by atoms with E-state index in [4.69, 9.17) is 4.74 Å². The summed E-state index contributed by atoms with van der Waals surface area (Å²) >= 11 is 0.